The number of amides is 1. The number of hydrogen-bond donors (Lipinski definition) is 1. The molecule has 0 aliphatic carbocycles. The lowest BCUT2D eigenvalue weighted by atomic mass is 10.2. The predicted molar refractivity (Wildman–Crippen MR) is 66.3 cm³/mol. The zero-order chi connectivity index (χ0) is 12.3. The number of nitrogens with zero attached hydrogens (tertiary/aromatic N) is 2. The summed E-state index contributed by atoms with van der Waals surface area (Å²) < 4.78 is 0. The molecule has 1 fully saturated rings. The third-order valence-electron chi connectivity index (χ3n) is 2.91. The molecule has 1 saturated heterocycles. The van der Waals surface area contributed by atoms with Gasteiger partial charge in [-0.3, -0.25) is 9.78 Å². The van der Waals surface area contributed by atoms with Crippen molar-refractivity contribution in [2.24, 2.45) is 0 Å². The molecular formula is C13H19N3O. The van der Waals surface area contributed by atoms with Crippen LogP contribution in [0.4, 0.5) is 0 Å². The Balaban J connectivity index is 1.92. The lowest BCUT2D eigenvalue weighted by Crippen LogP contribution is -2.36. The summed E-state index contributed by atoms with van der Waals surface area (Å²) in [4.78, 5) is 17.7. The maximum absolute atomic E-state index is 11.8. The van der Waals surface area contributed by atoms with Gasteiger partial charge in [0.15, 0.2) is 0 Å². The number of carbonyl (C=O) groups excluding carboxylic acids is 1. The van der Waals surface area contributed by atoms with E-state index in [9.17, 15) is 4.79 Å². The molecule has 4 heteroatoms. The van der Waals surface area contributed by atoms with Gasteiger partial charge in [0, 0.05) is 44.0 Å². The van der Waals surface area contributed by atoms with Crippen LogP contribution < -0.4 is 5.32 Å². The first-order valence-electron chi connectivity index (χ1n) is 6.08. The molecule has 4 nitrogen and oxygen atoms in total. The van der Waals surface area contributed by atoms with E-state index in [0.717, 1.165) is 12.1 Å². The second-order valence-electron chi connectivity index (χ2n) is 4.85. The smallest absolute Gasteiger partial charge is 0.224 e. The Kier molecular flexibility index (Phi) is 3.74. The van der Waals surface area contributed by atoms with Crippen molar-refractivity contribution in [2.45, 2.75) is 38.9 Å². The molecule has 2 rings (SSSR count). The SMILES string of the molecule is CC(C)NC1CC(=O)N(Cc2ccncc2)C1. The van der Waals surface area contributed by atoms with Gasteiger partial charge in [-0.15, -0.1) is 0 Å². The number of rotatable bonds is 4. The monoisotopic (exact) mass is 233 g/mol. The van der Waals surface area contributed by atoms with Crippen LogP contribution in [0, 0.1) is 0 Å². The molecule has 1 unspecified atom stereocenters. The van der Waals surface area contributed by atoms with Crippen molar-refractivity contribution in [3.63, 3.8) is 0 Å². The Bertz CT molecular complexity index is 378. The summed E-state index contributed by atoms with van der Waals surface area (Å²) in [6.07, 6.45) is 4.14. The Labute approximate surface area is 102 Å². The topological polar surface area (TPSA) is 45.2 Å². The van der Waals surface area contributed by atoms with Crippen molar-refractivity contribution in [2.75, 3.05) is 6.54 Å². The van der Waals surface area contributed by atoms with Crippen LogP contribution >= 0.6 is 0 Å². The quantitative estimate of drug-likeness (QED) is 0.849. The highest BCUT2D eigenvalue weighted by Crippen LogP contribution is 2.15. The number of carbonyl (C=O) groups is 1. The molecule has 0 radical (unpaired) electrons. The molecule has 92 valence electrons. The maximum Gasteiger partial charge on any atom is 0.224 e. The second-order valence-corrected chi connectivity index (χ2v) is 4.85. The number of likely N-dealkylation sites (tertiary alicyclic amines) is 1. The molecule has 17 heavy (non-hydrogen) atoms. The highest BCUT2D eigenvalue weighted by molar-refractivity contribution is 5.79. The molecule has 1 atom stereocenters. The predicted octanol–water partition coefficient (Wildman–Crippen LogP) is 1.18. The first kappa shape index (κ1) is 12.0. The van der Waals surface area contributed by atoms with Crippen molar-refractivity contribution in [3.8, 4) is 0 Å². The summed E-state index contributed by atoms with van der Waals surface area (Å²) >= 11 is 0. The fourth-order valence-electron chi connectivity index (χ4n) is 2.22. The summed E-state index contributed by atoms with van der Waals surface area (Å²) in [6.45, 7) is 5.71. The molecule has 0 aromatic carbocycles. The van der Waals surface area contributed by atoms with E-state index in [2.05, 4.69) is 24.1 Å². The fraction of sp³-hybridized carbons (Fsp3) is 0.538. The molecule has 2 heterocycles. The van der Waals surface area contributed by atoms with Gasteiger partial charge in [-0.1, -0.05) is 13.8 Å². The second kappa shape index (κ2) is 5.27. The molecule has 0 saturated carbocycles. The van der Waals surface area contributed by atoms with Crippen molar-refractivity contribution in [3.05, 3.63) is 30.1 Å². The third kappa shape index (κ3) is 3.27. The number of pyridine rings is 1. The molecule has 1 aromatic rings. The van der Waals surface area contributed by atoms with E-state index >= 15 is 0 Å². The van der Waals surface area contributed by atoms with Crippen LogP contribution in [0.3, 0.4) is 0 Å². The van der Waals surface area contributed by atoms with Crippen LogP contribution in [0.1, 0.15) is 25.8 Å². The van der Waals surface area contributed by atoms with E-state index in [-0.39, 0.29) is 5.91 Å². The van der Waals surface area contributed by atoms with E-state index in [0.29, 0.717) is 25.0 Å². The lowest BCUT2D eigenvalue weighted by Gasteiger charge is -2.18. The highest BCUT2D eigenvalue weighted by Gasteiger charge is 2.29. The van der Waals surface area contributed by atoms with E-state index in [1.807, 2.05) is 17.0 Å². The van der Waals surface area contributed by atoms with Crippen LogP contribution in [0.2, 0.25) is 0 Å². The van der Waals surface area contributed by atoms with Crippen LogP contribution in [-0.4, -0.2) is 34.4 Å². The van der Waals surface area contributed by atoms with Crippen LogP contribution in [-0.2, 0) is 11.3 Å². The van der Waals surface area contributed by atoms with Gasteiger partial charge in [-0.2, -0.15) is 0 Å². The zero-order valence-corrected chi connectivity index (χ0v) is 10.4. The van der Waals surface area contributed by atoms with Gasteiger partial charge in [0.05, 0.1) is 0 Å². The summed E-state index contributed by atoms with van der Waals surface area (Å²) in [5, 5.41) is 3.41. The Morgan fingerprint density at radius 1 is 1.47 bits per heavy atom. The average Bonchev–Trinajstić information content (AvgIpc) is 2.59. The van der Waals surface area contributed by atoms with E-state index in [4.69, 9.17) is 0 Å². The van der Waals surface area contributed by atoms with Crippen molar-refractivity contribution in [1.82, 2.24) is 15.2 Å². The molecular weight excluding hydrogens is 214 g/mol. The van der Waals surface area contributed by atoms with Gasteiger partial charge in [-0.25, -0.2) is 0 Å². The Morgan fingerprint density at radius 3 is 2.82 bits per heavy atom. The van der Waals surface area contributed by atoms with Crippen molar-refractivity contribution < 1.29 is 4.79 Å². The Morgan fingerprint density at radius 2 is 2.18 bits per heavy atom. The van der Waals surface area contributed by atoms with Crippen LogP contribution in [0.15, 0.2) is 24.5 Å². The number of aromatic nitrogens is 1. The highest BCUT2D eigenvalue weighted by atomic mass is 16.2. The first-order valence-corrected chi connectivity index (χ1v) is 6.08. The van der Waals surface area contributed by atoms with Gasteiger partial charge in [-0.05, 0) is 17.7 Å². The van der Waals surface area contributed by atoms with Crippen LogP contribution in [0.5, 0.6) is 0 Å². The third-order valence-corrected chi connectivity index (χ3v) is 2.91. The molecule has 1 aliphatic rings. The lowest BCUT2D eigenvalue weighted by molar-refractivity contribution is -0.128. The molecule has 1 N–H and O–H groups in total. The number of nitrogens with one attached hydrogen (secondary N) is 1. The molecule has 0 spiro atoms. The van der Waals surface area contributed by atoms with Gasteiger partial charge in [0.25, 0.3) is 0 Å². The van der Waals surface area contributed by atoms with E-state index in [1.54, 1.807) is 12.4 Å². The van der Waals surface area contributed by atoms with Gasteiger partial charge in [0.1, 0.15) is 0 Å². The minimum Gasteiger partial charge on any atom is -0.337 e. The minimum atomic E-state index is 0.236. The first-order chi connectivity index (χ1) is 8.15. The summed E-state index contributed by atoms with van der Waals surface area (Å²) in [7, 11) is 0. The normalized spacial score (nSPS) is 20.3. The van der Waals surface area contributed by atoms with Crippen molar-refractivity contribution >= 4 is 5.91 Å². The standard InChI is InChI=1S/C13H19N3O/c1-10(2)15-12-7-13(17)16(9-12)8-11-3-5-14-6-4-11/h3-6,10,12,15H,7-9H2,1-2H3. The molecule has 1 amide bonds. The van der Waals surface area contributed by atoms with Gasteiger partial charge < -0.3 is 10.2 Å². The molecule has 1 aliphatic heterocycles. The van der Waals surface area contributed by atoms with E-state index in [1.165, 1.54) is 0 Å². The maximum atomic E-state index is 11.8. The van der Waals surface area contributed by atoms with Crippen LogP contribution in [0.25, 0.3) is 0 Å². The molecule has 0 bridgehead atoms. The summed E-state index contributed by atoms with van der Waals surface area (Å²) in [6, 6.07) is 4.63. The van der Waals surface area contributed by atoms with E-state index < -0.39 is 0 Å². The van der Waals surface area contributed by atoms with Gasteiger partial charge >= 0.3 is 0 Å². The largest absolute Gasteiger partial charge is 0.337 e. The molecule has 1 aromatic heterocycles. The number of hydrogen-bond acceptors (Lipinski definition) is 3. The summed E-state index contributed by atoms with van der Waals surface area (Å²) in [5.74, 6) is 0.236. The van der Waals surface area contributed by atoms with Crippen molar-refractivity contribution in [1.29, 1.82) is 0 Å². The Hall–Kier alpha value is -1.42. The zero-order valence-electron chi connectivity index (χ0n) is 10.4. The minimum absolute atomic E-state index is 0.236. The van der Waals surface area contributed by atoms with Gasteiger partial charge in [0.2, 0.25) is 5.91 Å². The average molecular weight is 233 g/mol. The fourth-order valence-corrected chi connectivity index (χ4v) is 2.22. The summed E-state index contributed by atoms with van der Waals surface area (Å²) in [5.41, 5.74) is 1.14.